The number of hydrazone groups is 1. The zero-order valence-electron chi connectivity index (χ0n) is 23.8. The van der Waals surface area contributed by atoms with Gasteiger partial charge in [0.05, 0.1) is 23.3 Å². The fraction of sp³-hybridized carbons (Fsp3) is 0.375. The van der Waals surface area contributed by atoms with E-state index in [9.17, 15) is 14.4 Å². The number of carbonyl (C=O) groups is 3. The van der Waals surface area contributed by atoms with Gasteiger partial charge in [-0.3, -0.25) is 9.59 Å². The molecular formula is C32H37N7O3. The molecule has 3 heterocycles. The maximum absolute atomic E-state index is 13.6. The van der Waals surface area contributed by atoms with Crippen LogP contribution in [0.15, 0.2) is 76.9 Å². The third-order valence-electron chi connectivity index (χ3n) is 8.77. The van der Waals surface area contributed by atoms with Crippen molar-refractivity contribution in [2.24, 2.45) is 16.9 Å². The second-order valence-corrected chi connectivity index (χ2v) is 11.6. The van der Waals surface area contributed by atoms with Gasteiger partial charge in [0.15, 0.2) is 0 Å². The van der Waals surface area contributed by atoms with Crippen LogP contribution in [0.3, 0.4) is 0 Å². The lowest BCUT2D eigenvalue weighted by atomic mass is 9.83. The number of benzene rings is 2. The number of nitrogens with one attached hydrogen (secondary N) is 3. The first-order valence-electron chi connectivity index (χ1n) is 14.6. The summed E-state index contributed by atoms with van der Waals surface area (Å²) in [6, 6.07) is 15.1. The smallest absolute Gasteiger partial charge is 0.322 e. The van der Waals surface area contributed by atoms with Gasteiger partial charge in [-0.25, -0.2) is 4.79 Å². The summed E-state index contributed by atoms with van der Waals surface area (Å²) < 4.78 is 0. The van der Waals surface area contributed by atoms with Crippen molar-refractivity contribution in [3.05, 3.63) is 77.4 Å². The second kappa shape index (κ2) is 11.7. The minimum Gasteiger partial charge on any atom is -0.397 e. The molecule has 2 aromatic carbocycles. The Morgan fingerprint density at radius 1 is 1.12 bits per heavy atom. The number of hydrogen-bond donors (Lipinski definition) is 4. The van der Waals surface area contributed by atoms with Crippen molar-refractivity contribution in [1.82, 2.24) is 15.2 Å². The normalized spacial score (nSPS) is 22.3. The predicted molar refractivity (Wildman–Crippen MR) is 164 cm³/mol. The van der Waals surface area contributed by atoms with Crippen LogP contribution in [0, 0.1) is 11.8 Å². The Morgan fingerprint density at radius 3 is 2.69 bits per heavy atom. The number of nitrogen functional groups attached to an aromatic ring is 1. The molecule has 1 fully saturated rings. The fourth-order valence-electron chi connectivity index (χ4n) is 6.40. The summed E-state index contributed by atoms with van der Waals surface area (Å²) in [5.41, 5.74) is 14.4. The van der Waals surface area contributed by atoms with Gasteiger partial charge < -0.3 is 31.6 Å². The molecule has 0 aromatic heterocycles. The maximum atomic E-state index is 13.6. The molecule has 10 nitrogen and oxygen atoms in total. The Morgan fingerprint density at radius 2 is 1.88 bits per heavy atom. The van der Waals surface area contributed by atoms with Crippen LogP contribution < -0.4 is 21.8 Å². The minimum atomic E-state index is -0.572. The number of nitrogens with two attached hydrogens (primary N) is 1. The summed E-state index contributed by atoms with van der Waals surface area (Å²) >= 11 is 0. The van der Waals surface area contributed by atoms with Crippen LogP contribution in [0.2, 0.25) is 0 Å². The molecule has 2 aromatic rings. The molecule has 5 N–H and O–H groups in total. The van der Waals surface area contributed by atoms with E-state index in [0.717, 1.165) is 22.4 Å². The fourth-order valence-corrected chi connectivity index (χ4v) is 6.40. The van der Waals surface area contributed by atoms with Crippen molar-refractivity contribution >= 4 is 41.1 Å². The third-order valence-corrected chi connectivity index (χ3v) is 8.77. The SMILES string of the molecule is CC1=CC(CC(CC(=O)N2CCC(N3Cc4ccccc4NC3=O)CC2)C(=O)Nc2ccccc2N)=CC2C=NNC12. The van der Waals surface area contributed by atoms with Gasteiger partial charge in [0.1, 0.15) is 0 Å². The van der Waals surface area contributed by atoms with Crippen molar-refractivity contribution in [2.75, 3.05) is 29.5 Å². The van der Waals surface area contributed by atoms with Crippen LogP contribution in [0.25, 0.3) is 0 Å². The second-order valence-electron chi connectivity index (χ2n) is 11.6. The van der Waals surface area contributed by atoms with Crippen LogP contribution in [-0.2, 0) is 16.1 Å². The van der Waals surface area contributed by atoms with Gasteiger partial charge in [-0.1, -0.05) is 48.1 Å². The number of anilines is 3. The molecule has 1 aliphatic carbocycles. The highest BCUT2D eigenvalue weighted by Crippen LogP contribution is 2.31. The van der Waals surface area contributed by atoms with Gasteiger partial charge in [-0.05, 0) is 55.5 Å². The molecule has 0 radical (unpaired) electrons. The number of urea groups is 1. The summed E-state index contributed by atoms with van der Waals surface area (Å²) in [4.78, 5) is 43.7. The van der Waals surface area contributed by atoms with Crippen molar-refractivity contribution in [2.45, 2.75) is 51.2 Å². The zero-order chi connectivity index (χ0) is 29.2. The minimum absolute atomic E-state index is 0.0534. The van der Waals surface area contributed by atoms with E-state index >= 15 is 0 Å². The number of para-hydroxylation sites is 3. The number of piperidine rings is 1. The summed E-state index contributed by atoms with van der Waals surface area (Å²) in [6.07, 6.45) is 8.03. The highest BCUT2D eigenvalue weighted by atomic mass is 16.2. The Bertz CT molecular complexity index is 1470. The molecule has 3 atom stereocenters. The molecular weight excluding hydrogens is 530 g/mol. The van der Waals surface area contributed by atoms with E-state index in [-0.39, 0.29) is 42.3 Å². The van der Waals surface area contributed by atoms with Crippen LogP contribution in [0.5, 0.6) is 0 Å². The monoisotopic (exact) mass is 567 g/mol. The van der Waals surface area contributed by atoms with Gasteiger partial charge in [0.2, 0.25) is 11.8 Å². The van der Waals surface area contributed by atoms with Crippen molar-refractivity contribution in [1.29, 1.82) is 0 Å². The van der Waals surface area contributed by atoms with Crippen molar-refractivity contribution < 1.29 is 14.4 Å². The highest BCUT2D eigenvalue weighted by molar-refractivity contribution is 5.97. The number of amides is 4. The number of likely N-dealkylation sites (tertiary alicyclic amines) is 1. The number of rotatable bonds is 7. The number of allylic oxidation sites excluding steroid dienone is 2. The lowest BCUT2D eigenvalue weighted by Gasteiger charge is -2.40. The van der Waals surface area contributed by atoms with E-state index in [4.69, 9.17) is 5.73 Å². The molecule has 42 heavy (non-hydrogen) atoms. The highest BCUT2D eigenvalue weighted by Gasteiger charge is 2.35. The average Bonchev–Trinajstić information content (AvgIpc) is 3.47. The van der Waals surface area contributed by atoms with Crippen LogP contribution >= 0.6 is 0 Å². The molecule has 3 unspecified atom stereocenters. The number of fused-ring (bicyclic) bond motifs is 2. The number of carbonyl (C=O) groups excluding carboxylic acids is 3. The Labute approximate surface area is 245 Å². The zero-order valence-corrected chi connectivity index (χ0v) is 23.8. The molecule has 10 heteroatoms. The van der Waals surface area contributed by atoms with Gasteiger partial charge in [0, 0.05) is 49.9 Å². The maximum Gasteiger partial charge on any atom is 0.322 e. The van der Waals surface area contributed by atoms with Gasteiger partial charge in [-0.15, -0.1) is 0 Å². The van der Waals surface area contributed by atoms with Crippen molar-refractivity contribution in [3.63, 3.8) is 0 Å². The Balaban J connectivity index is 1.12. The predicted octanol–water partition coefficient (Wildman–Crippen LogP) is 4.10. The quantitative estimate of drug-likeness (QED) is 0.374. The molecule has 4 aliphatic rings. The molecule has 0 bridgehead atoms. The van der Waals surface area contributed by atoms with Crippen LogP contribution in [0.1, 0.15) is 38.2 Å². The van der Waals surface area contributed by atoms with E-state index in [2.05, 4.69) is 40.2 Å². The molecule has 0 saturated carbocycles. The van der Waals surface area contributed by atoms with Gasteiger partial charge >= 0.3 is 6.03 Å². The molecule has 3 aliphatic heterocycles. The first-order valence-corrected chi connectivity index (χ1v) is 14.6. The average molecular weight is 568 g/mol. The van der Waals surface area contributed by atoms with E-state index < -0.39 is 5.92 Å². The number of hydrogen-bond acceptors (Lipinski definition) is 6. The number of nitrogens with zero attached hydrogens (tertiary/aromatic N) is 3. The van der Waals surface area contributed by atoms with Crippen LogP contribution in [-0.4, -0.2) is 59.0 Å². The summed E-state index contributed by atoms with van der Waals surface area (Å²) in [5, 5.41) is 10.2. The lowest BCUT2D eigenvalue weighted by Crippen LogP contribution is -2.51. The van der Waals surface area contributed by atoms with E-state index in [1.165, 1.54) is 0 Å². The summed E-state index contributed by atoms with van der Waals surface area (Å²) in [6.45, 7) is 3.71. The summed E-state index contributed by atoms with van der Waals surface area (Å²) in [7, 11) is 0. The molecule has 1 saturated heterocycles. The summed E-state index contributed by atoms with van der Waals surface area (Å²) in [5.74, 6) is -0.723. The first-order chi connectivity index (χ1) is 20.4. The third kappa shape index (κ3) is 5.74. The Kier molecular flexibility index (Phi) is 7.69. The van der Waals surface area contributed by atoms with E-state index in [0.29, 0.717) is 50.3 Å². The first kappa shape index (κ1) is 27.6. The Hall–Kier alpha value is -4.60. The van der Waals surface area contributed by atoms with E-state index in [1.54, 1.807) is 12.1 Å². The van der Waals surface area contributed by atoms with Gasteiger partial charge in [0.25, 0.3) is 0 Å². The van der Waals surface area contributed by atoms with Crippen molar-refractivity contribution in [3.8, 4) is 0 Å². The standard InChI is InChI=1S/C32H37N7O3/c1-20-14-21(16-24-18-34-37-30(20)24)15-23(31(41)35-28-9-5-3-7-26(28)33)17-29(40)38-12-10-25(11-13-38)39-19-22-6-2-4-8-27(22)36-32(39)42/h2-9,14,16,18,23-25,30,37H,10-13,15,17,19,33H2,1H3,(H,35,41)(H,36,42). The lowest BCUT2D eigenvalue weighted by molar-refractivity contribution is -0.136. The molecule has 218 valence electrons. The molecule has 4 amide bonds. The molecule has 0 spiro atoms. The molecule has 6 rings (SSSR count). The van der Waals surface area contributed by atoms with E-state index in [1.807, 2.05) is 52.4 Å². The van der Waals surface area contributed by atoms with Gasteiger partial charge in [-0.2, -0.15) is 5.10 Å². The largest absolute Gasteiger partial charge is 0.397 e. The van der Waals surface area contributed by atoms with Crippen LogP contribution in [0.4, 0.5) is 21.9 Å². The topological polar surface area (TPSA) is 132 Å².